The van der Waals surface area contributed by atoms with Crippen molar-refractivity contribution in [2.75, 3.05) is 26.7 Å². The van der Waals surface area contributed by atoms with E-state index in [1.807, 2.05) is 7.05 Å². The van der Waals surface area contributed by atoms with Crippen LogP contribution in [0.2, 0.25) is 0 Å². The molecular weight excluding hydrogens is 291 g/mol. The molecule has 0 saturated carbocycles. The Balaban J connectivity index is 2.06. The van der Waals surface area contributed by atoms with E-state index in [0.717, 1.165) is 31.9 Å². The molecule has 0 aliphatic carbocycles. The molecule has 0 radical (unpaired) electrons. The summed E-state index contributed by atoms with van der Waals surface area (Å²) >= 11 is 0. The number of hydrogen-bond donors (Lipinski definition) is 1. The maximum Gasteiger partial charge on any atom is 0.243 e. The van der Waals surface area contributed by atoms with Crippen molar-refractivity contribution in [2.24, 2.45) is 5.92 Å². The van der Waals surface area contributed by atoms with Gasteiger partial charge in [-0.2, -0.15) is 4.31 Å². The molecular formula is C15H23FN2O2S. The van der Waals surface area contributed by atoms with Gasteiger partial charge in [0.15, 0.2) is 0 Å². The van der Waals surface area contributed by atoms with E-state index in [-0.39, 0.29) is 4.90 Å². The molecule has 0 bridgehead atoms. The third kappa shape index (κ3) is 3.81. The summed E-state index contributed by atoms with van der Waals surface area (Å²) in [7, 11) is -1.65. The third-order valence-electron chi connectivity index (χ3n) is 4.16. The van der Waals surface area contributed by atoms with E-state index in [1.165, 1.54) is 16.4 Å². The molecule has 1 aliphatic heterocycles. The highest BCUT2D eigenvalue weighted by molar-refractivity contribution is 7.89. The minimum absolute atomic E-state index is 0.0549. The van der Waals surface area contributed by atoms with Crippen LogP contribution < -0.4 is 5.32 Å². The van der Waals surface area contributed by atoms with Gasteiger partial charge in [0.2, 0.25) is 10.0 Å². The van der Waals surface area contributed by atoms with E-state index < -0.39 is 15.8 Å². The highest BCUT2D eigenvalue weighted by atomic mass is 32.2. The smallest absolute Gasteiger partial charge is 0.243 e. The summed E-state index contributed by atoms with van der Waals surface area (Å²) < 4.78 is 40.1. The molecule has 0 atom stereocenters. The Morgan fingerprint density at radius 2 is 2.00 bits per heavy atom. The van der Waals surface area contributed by atoms with Crippen LogP contribution >= 0.6 is 0 Å². The lowest BCUT2D eigenvalue weighted by Gasteiger charge is -2.31. The standard InChI is InChI=1S/C15H23FN2O2S/c1-12-3-4-14(11-15(12)16)21(19,20)18-9-6-13(7-10-18)5-8-17-2/h3-4,11,13,17H,5-10H2,1-2H3. The number of sulfonamides is 1. The van der Waals surface area contributed by atoms with Gasteiger partial charge in [0.25, 0.3) is 0 Å². The Bertz CT molecular complexity index is 581. The molecule has 2 rings (SSSR count). The van der Waals surface area contributed by atoms with E-state index in [9.17, 15) is 12.8 Å². The molecule has 0 aromatic heterocycles. The van der Waals surface area contributed by atoms with Gasteiger partial charge in [-0.1, -0.05) is 6.07 Å². The van der Waals surface area contributed by atoms with E-state index in [0.29, 0.717) is 24.6 Å². The van der Waals surface area contributed by atoms with Crippen molar-refractivity contribution >= 4 is 10.0 Å². The molecule has 1 aliphatic rings. The fourth-order valence-corrected chi connectivity index (χ4v) is 4.15. The Kier molecular flexibility index (Phi) is 5.35. The van der Waals surface area contributed by atoms with Crippen LogP contribution in [0, 0.1) is 18.7 Å². The second-order valence-corrected chi connectivity index (χ2v) is 7.59. The molecule has 6 heteroatoms. The van der Waals surface area contributed by atoms with Crippen LogP contribution in [-0.2, 0) is 10.0 Å². The first-order valence-corrected chi connectivity index (χ1v) is 8.80. The molecule has 1 aromatic carbocycles. The van der Waals surface area contributed by atoms with Gasteiger partial charge >= 0.3 is 0 Å². The van der Waals surface area contributed by atoms with Crippen molar-refractivity contribution in [2.45, 2.75) is 31.1 Å². The predicted octanol–water partition coefficient (Wildman–Crippen LogP) is 2.14. The van der Waals surface area contributed by atoms with Gasteiger partial charge in [0.1, 0.15) is 5.82 Å². The summed E-state index contributed by atoms with van der Waals surface area (Å²) in [6, 6.07) is 4.13. The minimum Gasteiger partial charge on any atom is -0.320 e. The zero-order chi connectivity index (χ0) is 15.5. The number of benzene rings is 1. The van der Waals surface area contributed by atoms with Crippen molar-refractivity contribution in [3.63, 3.8) is 0 Å². The third-order valence-corrected chi connectivity index (χ3v) is 6.05. The van der Waals surface area contributed by atoms with Crippen LogP contribution in [-0.4, -0.2) is 39.4 Å². The lowest BCUT2D eigenvalue weighted by atomic mass is 9.95. The first-order chi connectivity index (χ1) is 9.95. The Morgan fingerprint density at radius 3 is 2.57 bits per heavy atom. The van der Waals surface area contributed by atoms with Crippen molar-refractivity contribution in [1.82, 2.24) is 9.62 Å². The summed E-state index contributed by atoms with van der Waals surface area (Å²) in [5.41, 5.74) is 0.458. The Labute approximate surface area is 126 Å². The van der Waals surface area contributed by atoms with Crippen LogP contribution in [0.3, 0.4) is 0 Å². The van der Waals surface area contributed by atoms with Crippen molar-refractivity contribution in [1.29, 1.82) is 0 Å². The lowest BCUT2D eigenvalue weighted by Crippen LogP contribution is -2.38. The van der Waals surface area contributed by atoms with Gasteiger partial charge in [-0.05, 0) is 63.4 Å². The second kappa shape index (κ2) is 6.85. The molecule has 1 fully saturated rings. The molecule has 1 heterocycles. The SMILES string of the molecule is CNCCC1CCN(S(=O)(=O)c2ccc(C)c(F)c2)CC1. The van der Waals surface area contributed by atoms with E-state index >= 15 is 0 Å². The highest BCUT2D eigenvalue weighted by Gasteiger charge is 2.29. The van der Waals surface area contributed by atoms with Crippen LogP contribution in [0.1, 0.15) is 24.8 Å². The van der Waals surface area contributed by atoms with Gasteiger partial charge in [0.05, 0.1) is 4.90 Å². The number of rotatable bonds is 5. The highest BCUT2D eigenvalue weighted by Crippen LogP contribution is 2.26. The zero-order valence-corrected chi connectivity index (χ0v) is 13.4. The summed E-state index contributed by atoms with van der Waals surface area (Å²) in [5.74, 6) is 0.0960. The quantitative estimate of drug-likeness (QED) is 0.906. The Morgan fingerprint density at radius 1 is 1.33 bits per heavy atom. The first-order valence-electron chi connectivity index (χ1n) is 7.36. The summed E-state index contributed by atoms with van der Waals surface area (Å²) in [4.78, 5) is 0.0549. The van der Waals surface area contributed by atoms with Crippen LogP contribution in [0.15, 0.2) is 23.1 Å². The van der Waals surface area contributed by atoms with Crippen molar-refractivity contribution in [3.8, 4) is 0 Å². The van der Waals surface area contributed by atoms with Crippen LogP contribution in [0.25, 0.3) is 0 Å². The minimum atomic E-state index is -3.57. The fraction of sp³-hybridized carbons (Fsp3) is 0.600. The van der Waals surface area contributed by atoms with Gasteiger partial charge in [-0.25, -0.2) is 12.8 Å². The van der Waals surface area contributed by atoms with Gasteiger partial charge in [-0.3, -0.25) is 0 Å². The van der Waals surface area contributed by atoms with Crippen LogP contribution in [0.4, 0.5) is 4.39 Å². The summed E-state index contributed by atoms with van der Waals surface area (Å²) in [5, 5.41) is 3.12. The molecule has 1 saturated heterocycles. The monoisotopic (exact) mass is 314 g/mol. The molecule has 4 nitrogen and oxygen atoms in total. The van der Waals surface area contributed by atoms with E-state index in [1.54, 1.807) is 6.92 Å². The average molecular weight is 314 g/mol. The summed E-state index contributed by atoms with van der Waals surface area (Å²) in [6.07, 6.45) is 2.81. The Hall–Kier alpha value is -0.980. The second-order valence-electron chi connectivity index (χ2n) is 5.65. The summed E-state index contributed by atoms with van der Waals surface area (Å²) in [6.45, 7) is 3.62. The number of hydrogen-bond acceptors (Lipinski definition) is 3. The molecule has 21 heavy (non-hydrogen) atoms. The van der Waals surface area contributed by atoms with Crippen molar-refractivity contribution in [3.05, 3.63) is 29.6 Å². The number of aryl methyl sites for hydroxylation is 1. The van der Waals surface area contributed by atoms with Gasteiger partial charge < -0.3 is 5.32 Å². The number of halogens is 1. The average Bonchev–Trinajstić information content (AvgIpc) is 2.48. The number of piperidine rings is 1. The number of nitrogens with zero attached hydrogens (tertiary/aromatic N) is 1. The van der Waals surface area contributed by atoms with Crippen molar-refractivity contribution < 1.29 is 12.8 Å². The van der Waals surface area contributed by atoms with E-state index in [4.69, 9.17) is 0 Å². The van der Waals surface area contributed by atoms with Gasteiger partial charge in [0, 0.05) is 13.1 Å². The lowest BCUT2D eigenvalue weighted by molar-refractivity contribution is 0.263. The first kappa shape index (κ1) is 16.4. The van der Waals surface area contributed by atoms with E-state index in [2.05, 4.69) is 5.32 Å². The zero-order valence-electron chi connectivity index (χ0n) is 12.6. The molecule has 0 spiro atoms. The molecule has 118 valence electrons. The fourth-order valence-electron chi connectivity index (χ4n) is 2.67. The maximum atomic E-state index is 13.6. The molecule has 1 N–H and O–H groups in total. The molecule has 1 aromatic rings. The number of nitrogens with one attached hydrogen (secondary N) is 1. The van der Waals surface area contributed by atoms with Crippen LogP contribution in [0.5, 0.6) is 0 Å². The topological polar surface area (TPSA) is 49.4 Å². The maximum absolute atomic E-state index is 13.6. The van der Waals surface area contributed by atoms with Gasteiger partial charge in [-0.15, -0.1) is 0 Å². The predicted molar refractivity (Wildman–Crippen MR) is 81.2 cm³/mol. The largest absolute Gasteiger partial charge is 0.320 e. The molecule has 0 unspecified atom stereocenters. The molecule has 0 amide bonds. The normalized spacial score (nSPS) is 18.0.